The monoisotopic (exact) mass is 477 g/mol. The second kappa shape index (κ2) is 9.81. The van der Waals surface area contributed by atoms with Crippen molar-refractivity contribution in [3.63, 3.8) is 0 Å². The number of fused-ring (bicyclic) bond motifs is 1. The Morgan fingerprint density at radius 2 is 1.85 bits per heavy atom. The minimum absolute atomic E-state index is 0. The second-order valence-corrected chi connectivity index (χ2v) is 7.93. The molecule has 33 heavy (non-hydrogen) atoms. The highest BCUT2D eigenvalue weighted by Crippen LogP contribution is 2.34. The van der Waals surface area contributed by atoms with E-state index in [1.807, 2.05) is 6.07 Å². The van der Waals surface area contributed by atoms with Crippen LogP contribution in [0.1, 0.15) is 29.5 Å². The normalized spacial score (nSPS) is 14.6. The Morgan fingerprint density at radius 3 is 2.52 bits per heavy atom. The number of aliphatic hydroxyl groups is 1. The molecule has 4 rings (SSSR count). The molecular formula is C23H23ClF3N5O. The van der Waals surface area contributed by atoms with Crippen molar-refractivity contribution in [1.82, 2.24) is 10.2 Å². The number of aromatic nitrogens is 2. The maximum absolute atomic E-state index is 13.2. The van der Waals surface area contributed by atoms with Crippen molar-refractivity contribution >= 4 is 40.5 Å². The summed E-state index contributed by atoms with van der Waals surface area (Å²) >= 11 is 0. The zero-order chi connectivity index (χ0) is 22.9. The number of anilines is 2. The van der Waals surface area contributed by atoms with E-state index < -0.39 is 11.7 Å². The zero-order valence-electron chi connectivity index (χ0n) is 17.9. The van der Waals surface area contributed by atoms with E-state index in [1.165, 1.54) is 13.0 Å². The zero-order valence-corrected chi connectivity index (χ0v) is 18.7. The molecule has 6 nitrogen and oxygen atoms in total. The Morgan fingerprint density at radius 1 is 1.12 bits per heavy atom. The summed E-state index contributed by atoms with van der Waals surface area (Å²) in [6, 6.07) is 9.46. The van der Waals surface area contributed by atoms with Gasteiger partial charge in [0.2, 0.25) is 0 Å². The molecule has 1 aromatic heterocycles. The summed E-state index contributed by atoms with van der Waals surface area (Å²) in [6.07, 6.45) is -3.46. The highest BCUT2D eigenvalue weighted by Gasteiger charge is 2.32. The molecule has 0 bridgehead atoms. The van der Waals surface area contributed by atoms with Gasteiger partial charge < -0.3 is 15.3 Å². The summed E-state index contributed by atoms with van der Waals surface area (Å²) in [6.45, 7) is 10.2. The molecule has 174 valence electrons. The highest BCUT2D eigenvalue weighted by molar-refractivity contribution is 6.00. The molecule has 10 heteroatoms. The van der Waals surface area contributed by atoms with Gasteiger partial charge in [-0.1, -0.05) is 24.3 Å². The molecule has 1 fully saturated rings. The lowest BCUT2D eigenvalue weighted by molar-refractivity contribution is -0.138. The predicted octanol–water partition coefficient (Wildman–Crippen LogP) is 5.50. The molecule has 0 radical (unpaired) electrons. The van der Waals surface area contributed by atoms with E-state index in [-0.39, 0.29) is 30.6 Å². The van der Waals surface area contributed by atoms with Gasteiger partial charge >= 0.3 is 6.18 Å². The van der Waals surface area contributed by atoms with Crippen molar-refractivity contribution < 1.29 is 18.3 Å². The van der Waals surface area contributed by atoms with Gasteiger partial charge in [0.1, 0.15) is 0 Å². The summed E-state index contributed by atoms with van der Waals surface area (Å²) in [7, 11) is 0. The lowest BCUT2D eigenvalue weighted by Crippen LogP contribution is -2.36. The molecule has 2 aromatic carbocycles. The topological polar surface area (TPSA) is 65.6 Å². The van der Waals surface area contributed by atoms with Crippen LogP contribution in [-0.4, -0.2) is 34.5 Å². The first kappa shape index (κ1) is 24.6. The Balaban J connectivity index is 0.00000306. The van der Waals surface area contributed by atoms with E-state index >= 15 is 0 Å². The van der Waals surface area contributed by atoms with Crippen LogP contribution in [-0.2, 0) is 12.7 Å². The number of piperidine rings is 1. The summed E-state index contributed by atoms with van der Waals surface area (Å²) in [5.74, 6) is 1.07. The minimum Gasteiger partial charge on any atom is -0.393 e. The third kappa shape index (κ3) is 5.29. The molecule has 1 aliphatic rings. The van der Waals surface area contributed by atoms with Crippen molar-refractivity contribution in [1.29, 1.82) is 0 Å². The smallest absolute Gasteiger partial charge is 0.393 e. The van der Waals surface area contributed by atoms with Crippen molar-refractivity contribution in [3.05, 3.63) is 64.5 Å². The number of nitrogens with one attached hydrogen (secondary N) is 1. The van der Waals surface area contributed by atoms with Gasteiger partial charge in [-0.15, -0.1) is 22.6 Å². The fraction of sp³-hybridized carbons (Fsp3) is 0.348. The molecular weight excluding hydrogens is 455 g/mol. The van der Waals surface area contributed by atoms with E-state index in [2.05, 4.69) is 25.3 Å². The first-order valence-corrected chi connectivity index (χ1v) is 10.3. The van der Waals surface area contributed by atoms with E-state index in [9.17, 15) is 18.3 Å². The van der Waals surface area contributed by atoms with Crippen LogP contribution in [0, 0.1) is 13.5 Å². The second-order valence-electron chi connectivity index (χ2n) is 7.93. The quantitative estimate of drug-likeness (QED) is 0.485. The third-order valence-electron chi connectivity index (χ3n) is 5.70. The number of aryl methyl sites for hydroxylation is 1. The molecule has 0 saturated carbocycles. The summed E-state index contributed by atoms with van der Waals surface area (Å²) < 4.78 is 39.7. The molecule has 0 amide bonds. The van der Waals surface area contributed by atoms with Crippen LogP contribution in [0.5, 0.6) is 0 Å². The number of aliphatic hydroxyl groups excluding tert-OH is 1. The molecule has 1 saturated heterocycles. The molecule has 2 heterocycles. The van der Waals surface area contributed by atoms with Gasteiger partial charge in [0.15, 0.2) is 17.3 Å². The molecule has 0 spiro atoms. The standard InChI is InChI=1S/C23H22F3N5O.ClH/c1-14-3-4-15(11-20(14)23(24,25)26)13-28-21-19-12-16(27-2)5-6-18(19)22(30-29-21)31-9-7-17(32)8-10-31;/h3-6,11-12,17,32H,7-10,13H2,1H3,(H,28,29);1H. The van der Waals surface area contributed by atoms with Crippen molar-refractivity contribution in [3.8, 4) is 0 Å². The van der Waals surface area contributed by atoms with E-state index in [1.54, 1.807) is 18.2 Å². The third-order valence-corrected chi connectivity index (χ3v) is 5.70. The maximum atomic E-state index is 13.2. The van der Waals surface area contributed by atoms with Crippen LogP contribution in [0.2, 0.25) is 0 Å². The number of hydrogen-bond donors (Lipinski definition) is 2. The summed E-state index contributed by atoms with van der Waals surface area (Å²) in [4.78, 5) is 5.54. The van der Waals surface area contributed by atoms with E-state index in [0.29, 0.717) is 54.2 Å². The lowest BCUT2D eigenvalue weighted by Gasteiger charge is -2.31. The summed E-state index contributed by atoms with van der Waals surface area (Å²) in [5.41, 5.74) is 0.409. The number of halogens is 4. The van der Waals surface area contributed by atoms with Crippen LogP contribution < -0.4 is 10.2 Å². The van der Waals surface area contributed by atoms with E-state index in [0.717, 1.165) is 11.5 Å². The first-order chi connectivity index (χ1) is 15.3. The van der Waals surface area contributed by atoms with Gasteiger partial charge in [0.05, 0.1) is 18.2 Å². The number of alkyl halides is 3. The van der Waals surface area contributed by atoms with Crippen LogP contribution in [0.15, 0.2) is 36.4 Å². The van der Waals surface area contributed by atoms with Crippen molar-refractivity contribution in [2.45, 2.75) is 38.6 Å². The van der Waals surface area contributed by atoms with Gasteiger partial charge in [0, 0.05) is 30.4 Å². The van der Waals surface area contributed by atoms with Crippen LogP contribution in [0.4, 0.5) is 30.5 Å². The Bertz CT molecular complexity index is 1190. The Labute approximate surface area is 195 Å². The number of benzene rings is 2. The molecule has 0 atom stereocenters. The van der Waals surface area contributed by atoms with Crippen molar-refractivity contribution in [2.75, 3.05) is 23.3 Å². The predicted molar refractivity (Wildman–Crippen MR) is 124 cm³/mol. The Hall–Kier alpha value is -3.09. The van der Waals surface area contributed by atoms with Gasteiger partial charge in [-0.3, -0.25) is 0 Å². The average Bonchev–Trinajstić information content (AvgIpc) is 2.78. The lowest BCUT2D eigenvalue weighted by atomic mass is 10.0. The maximum Gasteiger partial charge on any atom is 0.416 e. The molecule has 3 aromatic rings. The molecule has 0 aliphatic carbocycles. The fourth-order valence-corrected chi connectivity index (χ4v) is 3.91. The Kier molecular flexibility index (Phi) is 7.30. The molecule has 1 aliphatic heterocycles. The summed E-state index contributed by atoms with van der Waals surface area (Å²) in [5, 5.41) is 23.0. The number of nitrogens with zero attached hydrogens (tertiary/aromatic N) is 4. The molecule has 0 unspecified atom stereocenters. The van der Waals surface area contributed by atoms with Gasteiger partial charge in [0.25, 0.3) is 0 Å². The largest absolute Gasteiger partial charge is 0.416 e. The van der Waals surface area contributed by atoms with Gasteiger partial charge in [-0.05, 0) is 43.0 Å². The fourth-order valence-electron chi connectivity index (χ4n) is 3.91. The minimum atomic E-state index is -4.42. The number of hydrogen-bond acceptors (Lipinski definition) is 5. The van der Waals surface area contributed by atoms with Crippen LogP contribution in [0.3, 0.4) is 0 Å². The van der Waals surface area contributed by atoms with Crippen molar-refractivity contribution in [2.24, 2.45) is 0 Å². The van der Waals surface area contributed by atoms with Gasteiger partial charge in [-0.25, -0.2) is 4.85 Å². The van der Waals surface area contributed by atoms with Crippen LogP contribution >= 0.6 is 12.4 Å². The van der Waals surface area contributed by atoms with E-state index in [4.69, 9.17) is 6.57 Å². The average molecular weight is 478 g/mol. The highest BCUT2D eigenvalue weighted by atomic mass is 35.5. The SMILES string of the molecule is Cl.[C-]#[N+]c1ccc2c(N3CCC(O)CC3)nnc(NCc3ccc(C)c(C(F)(F)F)c3)c2c1. The first-order valence-electron chi connectivity index (χ1n) is 10.3. The van der Waals surface area contributed by atoms with Crippen LogP contribution in [0.25, 0.3) is 15.6 Å². The number of rotatable bonds is 4. The van der Waals surface area contributed by atoms with Gasteiger partial charge in [-0.2, -0.15) is 13.2 Å². The molecule has 2 N–H and O–H groups in total.